The van der Waals surface area contributed by atoms with Gasteiger partial charge in [0.2, 0.25) is 15.9 Å². The minimum absolute atomic E-state index is 0.0475. The van der Waals surface area contributed by atoms with E-state index in [4.69, 9.17) is 0 Å². The minimum atomic E-state index is -3.79. The number of sulfonamides is 1. The first-order chi connectivity index (χ1) is 16.5. The van der Waals surface area contributed by atoms with Gasteiger partial charge in [-0.1, -0.05) is 12.1 Å². The highest BCUT2D eigenvalue weighted by molar-refractivity contribution is 7.89. The molecule has 11 nitrogen and oxygen atoms in total. The van der Waals surface area contributed by atoms with Crippen LogP contribution in [0, 0.1) is 5.92 Å². The fourth-order valence-electron chi connectivity index (χ4n) is 4.16. The Morgan fingerprint density at radius 3 is 2.40 bits per heavy atom. The molecule has 184 valence electrons. The summed E-state index contributed by atoms with van der Waals surface area (Å²) < 4.78 is 29.6. The fraction of sp³-hybridized carbons (Fsp3) is 0.348. The molecule has 3 heterocycles. The van der Waals surface area contributed by atoms with Crippen molar-refractivity contribution in [1.29, 1.82) is 0 Å². The zero-order valence-electron chi connectivity index (χ0n) is 19.5. The molecule has 1 aliphatic heterocycles. The van der Waals surface area contributed by atoms with Gasteiger partial charge in [0.1, 0.15) is 5.65 Å². The Bertz CT molecular complexity index is 1570. The summed E-state index contributed by atoms with van der Waals surface area (Å²) in [5.41, 5.74) is -0.169. The summed E-state index contributed by atoms with van der Waals surface area (Å²) >= 11 is 0. The van der Waals surface area contributed by atoms with Crippen molar-refractivity contribution in [2.24, 2.45) is 20.0 Å². The van der Waals surface area contributed by atoms with Crippen LogP contribution in [0.5, 0.6) is 0 Å². The van der Waals surface area contributed by atoms with Crippen molar-refractivity contribution in [3.8, 4) is 0 Å². The molecule has 1 amide bonds. The van der Waals surface area contributed by atoms with Crippen LogP contribution in [0.1, 0.15) is 30.1 Å². The van der Waals surface area contributed by atoms with Gasteiger partial charge < -0.3 is 5.32 Å². The van der Waals surface area contributed by atoms with Crippen molar-refractivity contribution in [2.75, 3.05) is 18.4 Å². The van der Waals surface area contributed by atoms with Crippen LogP contribution in [0.2, 0.25) is 0 Å². The molecule has 1 N–H and O–H groups in total. The van der Waals surface area contributed by atoms with Crippen molar-refractivity contribution in [1.82, 2.24) is 18.4 Å². The number of Topliss-reactive ketones (excluding diaryl/α,β-unsaturated/α-hetero) is 1. The number of hydrogen-bond acceptors (Lipinski definition) is 7. The zero-order valence-corrected chi connectivity index (χ0v) is 20.3. The molecule has 1 aromatic carbocycles. The first-order valence-electron chi connectivity index (χ1n) is 11.0. The van der Waals surface area contributed by atoms with Crippen molar-refractivity contribution < 1.29 is 18.0 Å². The predicted molar refractivity (Wildman–Crippen MR) is 129 cm³/mol. The van der Waals surface area contributed by atoms with Crippen LogP contribution in [0.4, 0.5) is 5.69 Å². The van der Waals surface area contributed by atoms with Gasteiger partial charge in [0.15, 0.2) is 5.78 Å². The second kappa shape index (κ2) is 9.19. The third-order valence-electron chi connectivity index (χ3n) is 6.26. The topological polar surface area (TPSA) is 140 Å². The van der Waals surface area contributed by atoms with Crippen LogP contribution in [-0.2, 0) is 28.9 Å². The van der Waals surface area contributed by atoms with Gasteiger partial charge in [-0.05, 0) is 38.0 Å². The number of nitrogens with one attached hydrogen (secondary N) is 1. The number of anilines is 1. The van der Waals surface area contributed by atoms with Gasteiger partial charge in [-0.25, -0.2) is 18.2 Å². The fourth-order valence-corrected chi connectivity index (χ4v) is 5.68. The maximum absolute atomic E-state index is 13.0. The molecule has 1 fully saturated rings. The van der Waals surface area contributed by atoms with Crippen LogP contribution in [0.3, 0.4) is 0 Å². The van der Waals surface area contributed by atoms with Crippen LogP contribution in [0.25, 0.3) is 11.0 Å². The highest BCUT2D eigenvalue weighted by Crippen LogP contribution is 2.25. The third-order valence-corrected chi connectivity index (χ3v) is 8.16. The van der Waals surface area contributed by atoms with Crippen LogP contribution < -0.4 is 16.6 Å². The summed E-state index contributed by atoms with van der Waals surface area (Å²) in [5.74, 6) is -0.951. The molecular weight excluding hydrogens is 474 g/mol. The Morgan fingerprint density at radius 2 is 1.74 bits per heavy atom. The lowest BCUT2D eigenvalue weighted by atomic mass is 9.97. The summed E-state index contributed by atoms with van der Waals surface area (Å²) in [5, 5.41) is 2.94. The number of carbonyl (C=O) groups excluding carboxylic acids is 2. The van der Waals surface area contributed by atoms with Crippen molar-refractivity contribution in [2.45, 2.75) is 24.7 Å². The number of fused-ring (bicyclic) bond motifs is 1. The Hall–Kier alpha value is -3.64. The average Bonchev–Trinajstić information content (AvgIpc) is 2.86. The molecular formula is C23H25N5O6S. The first kappa shape index (κ1) is 24.5. The Morgan fingerprint density at radius 1 is 1.06 bits per heavy atom. The SMILES string of the molecule is CC(=O)c1cccc(S(=O)(=O)N2CCC(C(=O)Nc3cnc4c(c3)c(=O)n(C)c(=O)n4C)CC2)c1. The van der Waals surface area contributed by atoms with Gasteiger partial charge in [-0.15, -0.1) is 0 Å². The Labute approximate surface area is 201 Å². The molecule has 1 aliphatic rings. The molecule has 0 atom stereocenters. The molecule has 2 aromatic heterocycles. The molecule has 0 aliphatic carbocycles. The van der Waals surface area contributed by atoms with E-state index in [0.29, 0.717) is 24.1 Å². The second-order valence-corrected chi connectivity index (χ2v) is 10.5. The molecule has 0 saturated carbocycles. The summed E-state index contributed by atoms with van der Waals surface area (Å²) in [6.07, 6.45) is 2.00. The average molecular weight is 500 g/mol. The lowest BCUT2D eigenvalue weighted by Crippen LogP contribution is -2.41. The number of piperidine rings is 1. The van der Waals surface area contributed by atoms with E-state index in [0.717, 1.165) is 4.57 Å². The monoisotopic (exact) mass is 499 g/mol. The molecule has 4 rings (SSSR count). The normalized spacial score (nSPS) is 15.3. The highest BCUT2D eigenvalue weighted by Gasteiger charge is 2.32. The quantitative estimate of drug-likeness (QED) is 0.514. The van der Waals surface area contributed by atoms with E-state index in [1.807, 2.05) is 0 Å². The van der Waals surface area contributed by atoms with Crippen LogP contribution in [-0.4, -0.2) is 51.6 Å². The Kier molecular flexibility index (Phi) is 6.43. The zero-order chi connectivity index (χ0) is 25.5. The van der Waals surface area contributed by atoms with Gasteiger partial charge in [0, 0.05) is 38.7 Å². The lowest BCUT2D eigenvalue weighted by molar-refractivity contribution is -0.120. The third kappa shape index (κ3) is 4.54. The highest BCUT2D eigenvalue weighted by atomic mass is 32.2. The Balaban J connectivity index is 1.47. The molecule has 0 spiro atoms. The van der Waals surface area contributed by atoms with Gasteiger partial charge >= 0.3 is 5.69 Å². The van der Waals surface area contributed by atoms with Gasteiger partial charge in [0.25, 0.3) is 5.56 Å². The van der Waals surface area contributed by atoms with E-state index in [9.17, 15) is 27.6 Å². The molecule has 12 heteroatoms. The summed E-state index contributed by atoms with van der Waals surface area (Å²) in [6.45, 7) is 1.69. The number of benzene rings is 1. The molecule has 0 unspecified atom stereocenters. The maximum atomic E-state index is 13.0. The number of aromatic nitrogens is 3. The number of aryl methyl sites for hydroxylation is 1. The van der Waals surface area contributed by atoms with E-state index in [1.165, 1.54) is 60.4 Å². The summed E-state index contributed by atoms with van der Waals surface area (Å²) in [7, 11) is -0.916. The van der Waals surface area contributed by atoms with Crippen molar-refractivity contribution >= 4 is 38.4 Å². The number of carbonyl (C=O) groups is 2. The first-order valence-corrected chi connectivity index (χ1v) is 12.4. The summed E-state index contributed by atoms with van der Waals surface area (Å²) in [6, 6.07) is 7.39. The number of rotatable bonds is 5. The molecule has 1 saturated heterocycles. The smallest absolute Gasteiger partial charge is 0.324 e. The van der Waals surface area contributed by atoms with E-state index < -0.39 is 27.2 Å². The standard InChI is InChI=1S/C23H25N5O6S/c1-14(29)16-5-4-6-18(11-16)35(33,34)28-9-7-15(8-10-28)21(30)25-17-12-19-20(24-13-17)26(2)23(32)27(3)22(19)31/h4-6,11-13,15H,7-10H2,1-3H3,(H,25,30). The lowest BCUT2D eigenvalue weighted by Gasteiger charge is -2.30. The molecule has 3 aromatic rings. The number of amides is 1. The van der Waals surface area contributed by atoms with Gasteiger partial charge in [0.05, 0.1) is 22.2 Å². The summed E-state index contributed by atoms with van der Waals surface area (Å²) in [4.78, 5) is 53.2. The van der Waals surface area contributed by atoms with E-state index in [2.05, 4.69) is 10.3 Å². The van der Waals surface area contributed by atoms with E-state index >= 15 is 0 Å². The van der Waals surface area contributed by atoms with E-state index in [1.54, 1.807) is 6.07 Å². The van der Waals surface area contributed by atoms with Gasteiger partial charge in [-0.2, -0.15) is 4.31 Å². The van der Waals surface area contributed by atoms with Gasteiger partial charge in [-0.3, -0.25) is 23.5 Å². The molecule has 35 heavy (non-hydrogen) atoms. The van der Waals surface area contributed by atoms with Crippen molar-refractivity contribution in [3.63, 3.8) is 0 Å². The molecule has 0 bridgehead atoms. The molecule has 0 radical (unpaired) electrons. The van der Waals surface area contributed by atoms with Crippen molar-refractivity contribution in [3.05, 3.63) is 62.9 Å². The minimum Gasteiger partial charge on any atom is -0.324 e. The van der Waals surface area contributed by atoms with Crippen LogP contribution in [0.15, 0.2) is 51.0 Å². The number of pyridine rings is 1. The van der Waals surface area contributed by atoms with E-state index in [-0.39, 0.29) is 40.7 Å². The number of nitrogens with zero attached hydrogens (tertiary/aromatic N) is 4. The number of ketones is 1. The predicted octanol–water partition coefficient (Wildman–Crippen LogP) is 0.874. The second-order valence-electron chi connectivity index (χ2n) is 8.55. The maximum Gasteiger partial charge on any atom is 0.332 e. The largest absolute Gasteiger partial charge is 0.332 e. The number of hydrogen-bond donors (Lipinski definition) is 1. The van der Waals surface area contributed by atoms with Crippen LogP contribution >= 0.6 is 0 Å².